The second-order valence-electron chi connectivity index (χ2n) is 4.57. The number of para-hydroxylation sites is 1. The Kier molecular flexibility index (Phi) is 4.11. The van der Waals surface area contributed by atoms with Crippen LogP contribution in [0.4, 0.5) is 16.0 Å². The predicted molar refractivity (Wildman–Crippen MR) is 82.9 cm³/mol. The third-order valence-corrected chi connectivity index (χ3v) is 2.95. The van der Waals surface area contributed by atoms with Crippen molar-refractivity contribution in [1.29, 1.82) is 5.26 Å². The first-order valence-corrected chi connectivity index (χ1v) is 6.77. The fraction of sp³-hybridized carbons (Fsp3) is 0. The van der Waals surface area contributed by atoms with E-state index in [-0.39, 0.29) is 11.6 Å². The summed E-state index contributed by atoms with van der Waals surface area (Å²) in [5.74, 6) is 0.160. The molecule has 23 heavy (non-hydrogen) atoms. The summed E-state index contributed by atoms with van der Waals surface area (Å²) in [6.07, 6.45) is 1.51. The summed E-state index contributed by atoms with van der Waals surface area (Å²) in [5, 5.41) is 11.8. The number of nitrogens with zero attached hydrogens (tertiary/aromatic N) is 3. The van der Waals surface area contributed by atoms with Gasteiger partial charge in [-0.05, 0) is 36.4 Å². The van der Waals surface area contributed by atoms with Crippen LogP contribution >= 0.6 is 0 Å². The fourth-order valence-electron chi connectivity index (χ4n) is 1.86. The highest BCUT2D eigenvalue weighted by Gasteiger charge is 2.06. The van der Waals surface area contributed by atoms with Gasteiger partial charge in [-0.15, -0.1) is 0 Å². The molecule has 6 heteroatoms. The molecule has 1 N–H and O–H groups in total. The molecule has 112 valence electrons. The maximum absolute atomic E-state index is 13.6. The largest absolute Gasteiger partial charge is 0.436 e. The second-order valence-corrected chi connectivity index (χ2v) is 4.57. The summed E-state index contributed by atoms with van der Waals surface area (Å²) in [6, 6.07) is 16.5. The average Bonchev–Trinajstić information content (AvgIpc) is 2.58. The van der Waals surface area contributed by atoms with Crippen LogP contribution in [0.3, 0.4) is 0 Å². The van der Waals surface area contributed by atoms with E-state index < -0.39 is 5.82 Å². The molecule has 3 aromatic rings. The highest BCUT2D eigenvalue weighted by atomic mass is 19.1. The molecule has 1 heterocycles. The van der Waals surface area contributed by atoms with Crippen LogP contribution in [-0.4, -0.2) is 9.97 Å². The van der Waals surface area contributed by atoms with Crippen molar-refractivity contribution in [3.63, 3.8) is 0 Å². The normalized spacial score (nSPS) is 9.91. The molecule has 0 aliphatic heterocycles. The quantitative estimate of drug-likeness (QED) is 0.788. The predicted octanol–water partition coefficient (Wildman–Crippen LogP) is 4.02. The highest BCUT2D eigenvalue weighted by Crippen LogP contribution is 2.23. The Balaban J connectivity index is 1.77. The van der Waals surface area contributed by atoms with Gasteiger partial charge in [0.05, 0.1) is 11.6 Å². The van der Waals surface area contributed by atoms with Gasteiger partial charge in [0.1, 0.15) is 0 Å². The first-order chi connectivity index (χ1) is 11.2. The van der Waals surface area contributed by atoms with Crippen LogP contribution in [0.15, 0.2) is 60.8 Å². The molecule has 0 unspecified atom stereocenters. The molecule has 1 aromatic heterocycles. The number of ether oxygens (including phenoxy) is 1. The van der Waals surface area contributed by atoms with Crippen molar-refractivity contribution >= 4 is 11.6 Å². The van der Waals surface area contributed by atoms with Crippen molar-refractivity contribution in [3.8, 4) is 17.7 Å². The Morgan fingerprint density at radius 1 is 1.04 bits per heavy atom. The molecular weight excluding hydrogens is 295 g/mol. The van der Waals surface area contributed by atoms with E-state index >= 15 is 0 Å². The number of hydrogen-bond donors (Lipinski definition) is 1. The Morgan fingerprint density at radius 2 is 1.83 bits per heavy atom. The Bertz CT molecular complexity index is 859. The summed E-state index contributed by atoms with van der Waals surface area (Å²) in [7, 11) is 0. The number of anilines is 2. The molecule has 0 saturated carbocycles. The van der Waals surface area contributed by atoms with E-state index in [2.05, 4.69) is 15.3 Å². The van der Waals surface area contributed by atoms with Crippen LogP contribution in [0.2, 0.25) is 0 Å². The van der Waals surface area contributed by atoms with Gasteiger partial charge in [-0.25, -0.2) is 9.37 Å². The zero-order chi connectivity index (χ0) is 16.1. The molecule has 0 bridgehead atoms. The van der Waals surface area contributed by atoms with Crippen molar-refractivity contribution in [1.82, 2.24) is 9.97 Å². The van der Waals surface area contributed by atoms with Gasteiger partial charge in [-0.1, -0.05) is 12.1 Å². The zero-order valence-electron chi connectivity index (χ0n) is 11.9. The molecule has 0 atom stereocenters. The molecule has 3 rings (SSSR count). The summed E-state index contributed by atoms with van der Waals surface area (Å²) >= 11 is 0. The van der Waals surface area contributed by atoms with Gasteiger partial charge < -0.3 is 10.1 Å². The monoisotopic (exact) mass is 306 g/mol. The van der Waals surface area contributed by atoms with Crippen molar-refractivity contribution in [3.05, 3.63) is 72.2 Å². The maximum atomic E-state index is 13.6. The van der Waals surface area contributed by atoms with Crippen molar-refractivity contribution in [2.75, 3.05) is 5.32 Å². The second kappa shape index (κ2) is 6.54. The van der Waals surface area contributed by atoms with Gasteiger partial charge in [-0.2, -0.15) is 10.2 Å². The Hall–Kier alpha value is -3.46. The summed E-state index contributed by atoms with van der Waals surface area (Å²) < 4.78 is 19.0. The fourth-order valence-corrected chi connectivity index (χ4v) is 1.86. The van der Waals surface area contributed by atoms with Crippen molar-refractivity contribution in [2.45, 2.75) is 0 Å². The van der Waals surface area contributed by atoms with E-state index in [1.54, 1.807) is 36.4 Å². The standard InChI is InChI=1S/C17H11FN4O/c18-14-3-1-2-4-15(14)23-16-9-10-20-17(22-16)21-13-7-5-12(11-19)6-8-13/h1-10H,(H,20,21,22). The molecular formula is C17H11FN4O. The minimum Gasteiger partial charge on any atom is -0.436 e. The minimum atomic E-state index is -0.465. The number of nitrogens with one attached hydrogen (secondary N) is 1. The van der Waals surface area contributed by atoms with Crippen LogP contribution in [0.5, 0.6) is 11.6 Å². The van der Waals surface area contributed by atoms with Crippen molar-refractivity contribution < 1.29 is 9.13 Å². The van der Waals surface area contributed by atoms with E-state index in [0.29, 0.717) is 11.5 Å². The molecule has 0 fully saturated rings. The van der Waals surface area contributed by atoms with E-state index in [1.165, 1.54) is 24.4 Å². The molecule has 5 nitrogen and oxygen atoms in total. The maximum Gasteiger partial charge on any atom is 0.230 e. The van der Waals surface area contributed by atoms with E-state index in [0.717, 1.165) is 5.69 Å². The lowest BCUT2D eigenvalue weighted by Crippen LogP contribution is -1.98. The van der Waals surface area contributed by atoms with Gasteiger partial charge in [-0.3, -0.25) is 0 Å². The molecule has 0 aliphatic carbocycles. The highest BCUT2D eigenvalue weighted by molar-refractivity contribution is 5.55. The van der Waals surface area contributed by atoms with Crippen LogP contribution in [0, 0.1) is 17.1 Å². The number of rotatable bonds is 4. The van der Waals surface area contributed by atoms with Gasteiger partial charge in [0.2, 0.25) is 11.8 Å². The van der Waals surface area contributed by atoms with Crippen LogP contribution in [0.25, 0.3) is 0 Å². The van der Waals surface area contributed by atoms with Gasteiger partial charge in [0.15, 0.2) is 11.6 Å². The molecule has 0 radical (unpaired) electrons. The van der Waals surface area contributed by atoms with Gasteiger partial charge in [0.25, 0.3) is 0 Å². The van der Waals surface area contributed by atoms with E-state index in [9.17, 15) is 4.39 Å². The SMILES string of the molecule is N#Cc1ccc(Nc2nccc(Oc3ccccc3F)n2)cc1. The topological polar surface area (TPSA) is 70.8 Å². The summed E-state index contributed by atoms with van der Waals surface area (Å²) in [4.78, 5) is 8.25. The lowest BCUT2D eigenvalue weighted by molar-refractivity contribution is 0.427. The summed E-state index contributed by atoms with van der Waals surface area (Å²) in [6.45, 7) is 0. The minimum absolute atomic E-state index is 0.0931. The van der Waals surface area contributed by atoms with E-state index in [1.807, 2.05) is 6.07 Å². The number of hydrogen-bond acceptors (Lipinski definition) is 5. The first-order valence-electron chi connectivity index (χ1n) is 6.77. The van der Waals surface area contributed by atoms with Crippen LogP contribution < -0.4 is 10.1 Å². The van der Waals surface area contributed by atoms with E-state index in [4.69, 9.17) is 10.00 Å². The molecule has 0 aliphatic rings. The zero-order valence-corrected chi connectivity index (χ0v) is 11.9. The smallest absolute Gasteiger partial charge is 0.230 e. The number of nitriles is 1. The Labute approximate surface area is 132 Å². The number of benzene rings is 2. The van der Waals surface area contributed by atoms with Gasteiger partial charge in [0, 0.05) is 18.0 Å². The lowest BCUT2D eigenvalue weighted by Gasteiger charge is -2.08. The lowest BCUT2D eigenvalue weighted by atomic mass is 10.2. The number of halogens is 1. The molecule has 2 aromatic carbocycles. The molecule has 0 saturated heterocycles. The third kappa shape index (κ3) is 3.60. The van der Waals surface area contributed by atoms with Crippen LogP contribution in [0.1, 0.15) is 5.56 Å². The molecule has 0 spiro atoms. The summed E-state index contributed by atoms with van der Waals surface area (Å²) in [5.41, 5.74) is 1.29. The third-order valence-electron chi connectivity index (χ3n) is 2.95. The molecule has 0 amide bonds. The van der Waals surface area contributed by atoms with Gasteiger partial charge >= 0.3 is 0 Å². The van der Waals surface area contributed by atoms with Crippen molar-refractivity contribution in [2.24, 2.45) is 0 Å². The average molecular weight is 306 g/mol. The number of aromatic nitrogens is 2. The first kappa shape index (κ1) is 14.5. The Morgan fingerprint density at radius 3 is 2.57 bits per heavy atom. The van der Waals surface area contributed by atoms with Crippen LogP contribution in [-0.2, 0) is 0 Å².